The molecule has 1 rings (SSSR count). The Morgan fingerprint density at radius 3 is 3.00 bits per heavy atom. The molecular weight excluding hydrogens is 171 g/mol. The highest BCUT2D eigenvalue weighted by Gasteiger charge is 2.35. The molecule has 0 aromatic heterocycles. The maximum Gasteiger partial charge on any atom is 0.318 e. The summed E-state index contributed by atoms with van der Waals surface area (Å²) in [6, 6.07) is -0.278. The normalized spacial score (nSPS) is 27.0. The van der Waals surface area contributed by atoms with Crippen molar-refractivity contribution in [2.45, 2.75) is 19.0 Å². The van der Waals surface area contributed by atoms with Crippen molar-refractivity contribution in [2.75, 3.05) is 19.6 Å². The van der Waals surface area contributed by atoms with Crippen molar-refractivity contribution >= 4 is 6.03 Å². The van der Waals surface area contributed by atoms with Gasteiger partial charge in [0.05, 0.1) is 13.1 Å². The lowest BCUT2D eigenvalue weighted by molar-refractivity contribution is 0.179. The molecule has 1 N–H and O–H groups in total. The van der Waals surface area contributed by atoms with Gasteiger partial charge < -0.3 is 10.2 Å². The quantitative estimate of drug-likeness (QED) is 0.600. The minimum atomic E-state index is -1.24. The highest BCUT2D eigenvalue weighted by molar-refractivity contribution is 5.74. The van der Waals surface area contributed by atoms with Crippen LogP contribution in [0.2, 0.25) is 0 Å². The van der Waals surface area contributed by atoms with Crippen LogP contribution < -0.4 is 5.32 Å². The number of amides is 2. The minimum absolute atomic E-state index is 0.156. The predicted octanol–water partition coefficient (Wildman–Crippen LogP) is 0.763. The Kier molecular flexibility index (Phi) is 2.76. The van der Waals surface area contributed by atoms with Crippen molar-refractivity contribution in [3.05, 3.63) is 0 Å². The zero-order valence-electron chi connectivity index (χ0n) is 7.64. The fraction of sp³-hybridized carbons (Fsp3) is 0.667. The third kappa shape index (κ3) is 2.62. The monoisotopic (exact) mass is 184 g/mol. The van der Waals surface area contributed by atoms with Gasteiger partial charge in [-0.05, 0) is 6.92 Å². The zero-order valence-corrected chi connectivity index (χ0v) is 7.64. The Labute approximate surface area is 77.3 Å². The van der Waals surface area contributed by atoms with E-state index >= 15 is 0 Å². The first-order chi connectivity index (χ1) is 6.05. The van der Waals surface area contributed by atoms with E-state index in [4.69, 9.17) is 6.42 Å². The van der Waals surface area contributed by atoms with Crippen LogP contribution in [0.15, 0.2) is 0 Å². The van der Waals surface area contributed by atoms with E-state index in [0.717, 1.165) is 0 Å². The second-order valence-electron chi connectivity index (χ2n) is 3.45. The lowest BCUT2D eigenvalue weighted by Gasteiger charge is -2.17. The van der Waals surface area contributed by atoms with Crippen LogP contribution in [-0.4, -0.2) is 36.2 Å². The van der Waals surface area contributed by atoms with Crippen LogP contribution in [0.3, 0.4) is 0 Å². The van der Waals surface area contributed by atoms with E-state index in [1.165, 1.54) is 11.8 Å². The summed E-state index contributed by atoms with van der Waals surface area (Å²) in [5.74, 6) is 2.29. The Bertz CT molecular complexity index is 244. The molecule has 1 aliphatic rings. The maximum atomic E-state index is 13.3. The second kappa shape index (κ2) is 3.65. The van der Waals surface area contributed by atoms with Crippen molar-refractivity contribution in [1.29, 1.82) is 0 Å². The van der Waals surface area contributed by atoms with Gasteiger partial charge in [0, 0.05) is 13.0 Å². The van der Waals surface area contributed by atoms with E-state index in [-0.39, 0.29) is 19.1 Å². The molecule has 2 amide bonds. The van der Waals surface area contributed by atoms with Gasteiger partial charge in [-0.15, -0.1) is 6.42 Å². The molecule has 1 atom stereocenters. The standard InChI is InChI=1S/C9H13FN2O/c1-3-5-11-8(13)12-6-4-9(2,10)7-12/h1H,4-7H2,2H3,(H,11,13). The van der Waals surface area contributed by atoms with Gasteiger partial charge >= 0.3 is 6.03 Å². The number of carbonyl (C=O) groups is 1. The third-order valence-corrected chi connectivity index (χ3v) is 2.05. The van der Waals surface area contributed by atoms with Gasteiger partial charge in [-0.3, -0.25) is 0 Å². The summed E-state index contributed by atoms with van der Waals surface area (Å²) in [5, 5.41) is 2.50. The van der Waals surface area contributed by atoms with Crippen molar-refractivity contribution in [1.82, 2.24) is 10.2 Å². The summed E-state index contributed by atoms with van der Waals surface area (Å²) in [7, 11) is 0. The number of nitrogens with one attached hydrogen (secondary N) is 1. The van der Waals surface area contributed by atoms with E-state index in [1.807, 2.05) is 0 Å². The van der Waals surface area contributed by atoms with Crippen LogP contribution in [0.25, 0.3) is 0 Å². The minimum Gasteiger partial charge on any atom is -0.327 e. The molecule has 4 heteroatoms. The Balaban J connectivity index is 2.39. The molecule has 1 unspecified atom stereocenters. The molecule has 1 saturated heterocycles. The molecule has 0 aromatic carbocycles. The number of hydrogen-bond acceptors (Lipinski definition) is 1. The molecule has 0 spiro atoms. The molecule has 1 aliphatic heterocycles. The van der Waals surface area contributed by atoms with E-state index in [1.54, 1.807) is 0 Å². The molecule has 3 nitrogen and oxygen atoms in total. The van der Waals surface area contributed by atoms with Gasteiger partial charge in [-0.25, -0.2) is 9.18 Å². The molecule has 0 aliphatic carbocycles. The van der Waals surface area contributed by atoms with Crippen molar-refractivity contribution in [3.8, 4) is 12.3 Å². The summed E-state index contributed by atoms with van der Waals surface area (Å²) in [4.78, 5) is 12.7. The van der Waals surface area contributed by atoms with Crippen molar-refractivity contribution in [3.63, 3.8) is 0 Å². The first kappa shape index (κ1) is 9.85. The molecule has 0 radical (unpaired) electrons. The fourth-order valence-corrected chi connectivity index (χ4v) is 1.34. The number of terminal acetylenes is 1. The lowest BCUT2D eigenvalue weighted by atomic mass is 10.1. The Hall–Kier alpha value is -1.24. The lowest BCUT2D eigenvalue weighted by Crippen LogP contribution is -2.40. The number of halogens is 1. The molecule has 13 heavy (non-hydrogen) atoms. The first-order valence-electron chi connectivity index (χ1n) is 4.20. The molecule has 72 valence electrons. The third-order valence-electron chi connectivity index (χ3n) is 2.05. The number of likely N-dealkylation sites (tertiary alicyclic amines) is 1. The van der Waals surface area contributed by atoms with Gasteiger partial charge in [0.15, 0.2) is 0 Å². The van der Waals surface area contributed by atoms with Gasteiger partial charge in [-0.1, -0.05) is 5.92 Å². The van der Waals surface area contributed by atoms with E-state index in [2.05, 4.69) is 11.2 Å². The van der Waals surface area contributed by atoms with Crippen LogP contribution in [0.4, 0.5) is 9.18 Å². The van der Waals surface area contributed by atoms with E-state index in [9.17, 15) is 9.18 Å². The van der Waals surface area contributed by atoms with Gasteiger partial charge in [-0.2, -0.15) is 0 Å². The largest absolute Gasteiger partial charge is 0.327 e. The molecule has 0 bridgehead atoms. The second-order valence-corrected chi connectivity index (χ2v) is 3.45. The number of alkyl halides is 1. The average Bonchev–Trinajstić information content (AvgIpc) is 2.42. The Morgan fingerprint density at radius 1 is 1.85 bits per heavy atom. The number of hydrogen-bond donors (Lipinski definition) is 1. The van der Waals surface area contributed by atoms with Gasteiger partial charge in [0.1, 0.15) is 5.67 Å². The highest BCUT2D eigenvalue weighted by Crippen LogP contribution is 2.24. The van der Waals surface area contributed by atoms with Crippen LogP contribution in [0.1, 0.15) is 13.3 Å². The SMILES string of the molecule is C#CCNC(=O)N1CCC(C)(F)C1. The van der Waals surface area contributed by atoms with E-state index < -0.39 is 5.67 Å². The summed E-state index contributed by atoms with van der Waals surface area (Å²) in [5.41, 5.74) is -1.24. The van der Waals surface area contributed by atoms with Gasteiger partial charge in [0.2, 0.25) is 0 Å². The highest BCUT2D eigenvalue weighted by atomic mass is 19.1. The average molecular weight is 184 g/mol. The van der Waals surface area contributed by atoms with E-state index in [0.29, 0.717) is 13.0 Å². The number of urea groups is 1. The van der Waals surface area contributed by atoms with Crippen molar-refractivity contribution in [2.24, 2.45) is 0 Å². The van der Waals surface area contributed by atoms with Crippen LogP contribution in [0, 0.1) is 12.3 Å². The van der Waals surface area contributed by atoms with Crippen LogP contribution in [0.5, 0.6) is 0 Å². The Morgan fingerprint density at radius 2 is 2.54 bits per heavy atom. The topological polar surface area (TPSA) is 32.3 Å². The number of carbonyl (C=O) groups excluding carboxylic acids is 1. The molecule has 1 heterocycles. The summed E-state index contributed by atoms with van der Waals surface area (Å²) in [6.45, 7) is 2.31. The smallest absolute Gasteiger partial charge is 0.318 e. The molecule has 1 fully saturated rings. The number of rotatable bonds is 1. The first-order valence-corrected chi connectivity index (χ1v) is 4.20. The zero-order chi connectivity index (χ0) is 9.90. The predicted molar refractivity (Wildman–Crippen MR) is 47.9 cm³/mol. The van der Waals surface area contributed by atoms with Gasteiger partial charge in [0.25, 0.3) is 0 Å². The number of nitrogens with zero attached hydrogens (tertiary/aromatic N) is 1. The maximum absolute atomic E-state index is 13.3. The molecule has 0 aromatic rings. The fourth-order valence-electron chi connectivity index (χ4n) is 1.34. The summed E-state index contributed by atoms with van der Waals surface area (Å²) in [6.07, 6.45) is 5.37. The summed E-state index contributed by atoms with van der Waals surface area (Å²) >= 11 is 0. The molecular formula is C9H13FN2O. The van der Waals surface area contributed by atoms with Crippen LogP contribution >= 0.6 is 0 Å². The van der Waals surface area contributed by atoms with Crippen molar-refractivity contribution < 1.29 is 9.18 Å². The molecule has 0 saturated carbocycles. The summed E-state index contributed by atoms with van der Waals surface area (Å²) < 4.78 is 13.3. The van der Waals surface area contributed by atoms with Crippen LogP contribution in [-0.2, 0) is 0 Å².